The molecule has 0 amide bonds. The van der Waals surface area contributed by atoms with E-state index in [0.717, 1.165) is 24.1 Å². The minimum atomic E-state index is -4.34. The van der Waals surface area contributed by atoms with Crippen LogP contribution in [0.2, 0.25) is 5.02 Å². The lowest BCUT2D eigenvalue weighted by atomic mass is 10.0. The van der Waals surface area contributed by atoms with Crippen molar-refractivity contribution >= 4 is 17.3 Å². The van der Waals surface area contributed by atoms with Gasteiger partial charge in [0.25, 0.3) is 0 Å². The Hall–Kier alpha value is -1.68. The van der Waals surface area contributed by atoms with Crippen LogP contribution in [0, 0.1) is 0 Å². The lowest BCUT2D eigenvalue weighted by Gasteiger charge is -2.20. The van der Waals surface area contributed by atoms with Gasteiger partial charge >= 0.3 is 6.18 Å². The highest BCUT2D eigenvalue weighted by Crippen LogP contribution is 2.32. The number of rotatable bonds is 4. The molecule has 1 unspecified atom stereocenters. The van der Waals surface area contributed by atoms with Crippen molar-refractivity contribution in [2.24, 2.45) is 0 Å². The summed E-state index contributed by atoms with van der Waals surface area (Å²) in [5, 5.41) is 3.73. The third-order valence-corrected chi connectivity index (χ3v) is 3.43. The number of hydrogen-bond acceptors (Lipinski definition) is 1. The van der Waals surface area contributed by atoms with E-state index in [1.807, 2.05) is 25.1 Å². The number of alkyl halides is 3. The number of nitrogens with one attached hydrogen (secondary N) is 1. The summed E-state index contributed by atoms with van der Waals surface area (Å²) in [5.74, 6) is 0. The second kappa shape index (κ2) is 6.39. The standard InChI is InChI=1S/C16H15ClF3N/c1-2-15(11-5-3-7-13(17)9-11)21-14-8-4-6-12(10-14)16(18,19)20/h3-10,15,21H,2H2,1H3. The van der Waals surface area contributed by atoms with Crippen LogP contribution in [0.25, 0.3) is 0 Å². The maximum atomic E-state index is 12.7. The molecule has 1 N–H and O–H groups in total. The summed E-state index contributed by atoms with van der Waals surface area (Å²) in [4.78, 5) is 0. The Morgan fingerprint density at radius 1 is 1.10 bits per heavy atom. The number of benzene rings is 2. The monoisotopic (exact) mass is 313 g/mol. The highest BCUT2D eigenvalue weighted by atomic mass is 35.5. The molecule has 0 aliphatic carbocycles. The molecule has 112 valence electrons. The molecule has 0 radical (unpaired) electrons. The molecule has 0 fully saturated rings. The Kier molecular flexibility index (Phi) is 4.78. The van der Waals surface area contributed by atoms with E-state index in [9.17, 15) is 13.2 Å². The zero-order valence-corrected chi connectivity index (χ0v) is 12.2. The van der Waals surface area contributed by atoms with Crippen molar-refractivity contribution in [2.45, 2.75) is 25.6 Å². The summed E-state index contributed by atoms with van der Waals surface area (Å²) in [6.45, 7) is 1.96. The van der Waals surface area contributed by atoms with Gasteiger partial charge in [-0.15, -0.1) is 0 Å². The van der Waals surface area contributed by atoms with Gasteiger partial charge in [-0.05, 0) is 42.3 Å². The van der Waals surface area contributed by atoms with Crippen molar-refractivity contribution in [3.8, 4) is 0 Å². The van der Waals surface area contributed by atoms with Gasteiger partial charge in [0.2, 0.25) is 0 Å². The summed E-state index contributed by atoms with van der Waals surface area (Å²) < 4.78 is 38.2. The molecule has 0 aromatic heterocycles. The lowest BCUT2D eigenvalue weighted by Crippen LogP contribution is -2.11. The normalized spacial score (nSPS) is 13.0. The molecule has 2 aromatic carbocycles. The summed E-state index contributed by atoms with van der Waals surface area (Å²) in [6, 6.07) is 12.4. The lowest BCUT2D eigenvalue weighted by molar-refractivity contribution is -0.137. The number of hydrogen-bond donors (Lipinski definition) is 1. The minimum absolute atomic E-state index is 0.0906. The van der Waals surface area contributed by atoms with Gasteiger partial charge in [0.1, 0.15) is 0 Å². The summed E-state index contributed by atoms with van der Waals surface area (Å²) in [5.41, 5.74) is 0.729. The molecule has 2 aromatic rings. The fraction of sp³-hybridized carbons (Fsp3) is 0.250. The summed E-state index contributed by atoms with van der Waals surface area (Å²) >= 11 is 5.96. The zero-order valence-electron chi connectivity index (χ0n) is 11.4. The quantitative estimate of drug-likeness (QED) is 0.738. The van der Waals surface area contributed by atoms with Crippen LogP contribution >= 0.6 is 11.6 Å². The molecule has 0 spiro atoms. The molecule has 5 heteroatoms. The molecule has 2 rings (SSSR count). The third-order valence-electron chi connectivity index (χ3n) is 3.19. The molecule has 0 aliphatic heterocycles. The van der Waals surface area contributed by atoms with Crippen LogP contribution in [0.5, 0.6) is 0 Å². The average molecular weight is 314 g/mol. The van der Waals surface area contributed by atoms with Gasteiger partial charge < -0.3 is 5.32 Å². The number of halogens is 4. The Bertz CT molecular complexity index is 610. The van der Waals surface area contributed by atoms with E-state index < -0.39 is 11.7 Å². The van der Waals surface area contributed by atoms with Crippen LogP contribution in [0.4, 0.5) is 18.9 Å². The highest BCUT2D eigenvalue weighted by molar-refractivity contribution is 6.30. The Morgan fingerprint density at radius 2 is 1.81 bits per heavy atom. The van der Waals surface area contributed by atoms with Crippen LogP contribution in [0.15, 0.2) is 48.5 Å². The van der Waals surface area contributed by atoms with E-state index in [4.69, 9.17) is 11.6 Å². The van der Waals surface area contributed by atoms with Crippen LogP contribution in [0.3, 0.4) is 0 Å². The summed E-state index contributed by atoms with van der Waals surface area (Å²) in [7, 11) is 0. The molecule has 1 nitrogen and oxygen atoms in total. The molecule has 0 aliphatic rings. The molecule has 21 heavy (non-hydrogen) atoms. The smallest absolute Gasteiger partial charge is 0.378 e. The fourth-order valence-corrected chi connectivity index (χ4v) is 2.33. The van der Waals surface area contributed by atoms with Crippen LogP contribution in [-0.4, -0.2) is 0 Å². The maximum Gasteiger partial charge on any atom is 0.416 e. The Labute approximate surface area is 126 Å². The molecule has 0 heterocycles. The van der Waals surface area contributed by atoms with Gasteiger partial charge in [0.05, 0.1) is 11.6 Å². The van der Waals surface area contributed by atoms with E-state index in [1.54, 1.807) is 12.1 Å². The van der Waals surface area contributed by atoms with Gasteiger partial charge in [-0.2, -0.15) is 13.2 Å². The molecular weight excluding hydrogens is 299 g/mol. The van der Waals surface area contributed by atoms with Crippen molar-refractivity contribution in [3.05, 3.63) is 64.7 Å². The van der Waals surface area contributed by atoms with E-state index in [1.165, 1.54) is 6.07 Å². The van der Waals surface area contributed by atoms with Crippen molar-refractivity contribution in [1.82, 2.24) is 0 Å². The van der Waals surface area contributed by atoms with Crippen LogP contribution in [0.1, 0.15) is 30.5 Å². The first-order valence-corrected chi connectivity index (χ1v) is 6.97. The maximum absolute atomic E-state index is 12.7. The predicted molar refractivity (Wildman–Crippen MR) is 79.6 cm³/mol. The van der Waals surface area contributed by atoms with Gasteiger partial charge in [0.15, 0.2) is 0 Å². The van der Waals surface area contributed by atoms with Crippen molar-refractivity contribution in [1.29, 1.82) is 0 Å². The van der Waals surface area contributed by atoms with Gasteiger partial charge in [0, 0.05) is 10.7 Å². The van der Waals surface area contributed by atoms with Gasteiger partial charge in [-0.3, -0.25) is 0 Å². The molecule has 1 atom stereocenters. The SMILES string of the molecule is CCC(Nc1cccc(C(F)(F)F)c1)c1cccc(Cl)c1. The van der Waals surface area contributed by atoms with E-state index in [0.29, 0.717) is 10.7 Å². The van der Waals surface area contributed by atoms with Gasteiger partial charge in [-0.25, -0.2) is 0 Å². The predicted octanol–water partition coefficient (Wildman–Crippen LogP) is 5.92. The second-order valence-corrected chi connectivity index (χ2v) is 5.18. The summed E-state index contributed by atoms with van der Waals surface area (Å²) in [6.07, 6.45) is -3.61. The third kappa shape index (κ3) is 4.14. The first-order chi connectivity index (χ1) is 9.90. The van der Waals surface area contributed by atoms with Crippen LogP contribution < -0.4 is 5.32 Å². The van der Waals surface area contributed by atoms with Crippen molar-refractivity contribution < 1.29 is 13.2 Å². The number of anilines is 1. The first-order valence-electron chi connectivity index (χ1n) is 6.59. The van der Waals surface area contributed by atoms with Gasteiger partial charge in [-0.1, -0.05) is 36.7 Å². The topological polar surface area (TPSA) is 12.0 Å². The van der Waals surface area contributed by atoms with Crippen molar-refractivity contribution in [2.75, 3.05) is 5.32 Å². The molecule has 0 saturated heterocycles. The molecule has 0 saturated carbocycles. The largest absolute Gasteiger partial charge is 0.416 e. The Balaban J connectivity index is 2.23. The average Bonchev–Trinajstić information content (AvgIpc) is 2.44. The van der Waals surface area contributed by atoms with E-state index in [2.05, 4.69) is 5.32 Å². The first kappa shape index (κ1) is 15.7. The van der Waals surface area contributed by atoms with E-state index >= 15 is 0 Å². The zero-order chi connectivity index (χ0) is 15.5. The molecular formula is C16H15ClF3N. The fourth-order valence-electron chi connectivity index (χ4n) is 2.13. The highest BCUT2D eigenvalue weighted by Gasteiger charge is 2.30. The van der Waals surface area contributed by atoms with E-state index in [-0.39, 0.29) is 6.04 Å². The molecule has 0 bridgehead atoms. The minimum Gasteiger partial charge on any atom is -0.378 e. The Morgan fingerprint density at radius 3 is 2.43 bits per heavy atom. The van der Waals surface area contributed by atoms with Crippen molar-refractivity contribution in [3.63, 3.8) is 0 Å². The van der Waals surface area contributed by atoms with Crippen LogP contribution in [-0.2, 0) is 6.18 Å². The second-order valence-electron chi connectivity index (χ2n) is 4.74.